The molecule has 3 rings (SSSR count). The minimum Gasteiger partial charge on any atom is -0.466 e. The number of hydrogen-bond donors (Lipinski definition) is 1. The summed E-state index contributed by atoms with van der Waals surface area (Å²) in [4.78, 5) is 37.5. The second-order valence-corrected chi connectivity index (χ2v) is 7.31. The molecule has 146 valence electrons. The monoisotopic (exact) mass is 398 g/mol. The summed E-state index contributed by atoms with van der Waals surface area (Å²) in [5, 5.41) is 2.68. The van der Waals surface area contributed by atoms with E-state index in [0.717, 1.165) is 11.3 Å². The van der Waals surface area contributed by atoms with E-state index in [1.807, 2.05) is 54.6 Å². The average molecular weight is 398 g/mol. The number of carbonyl (C=O) groups is 3. The Bertz CT molecular complexity index is 839. The van der Waals surface area contributed by atoms with Gasteiger partial charge in [-0.25, -0.2) is 0 Å². The van der Waals surface area contributed by atoms with Gasteiger partial charge in [0, 0.05) is 17.8 Å². The lowest BCUT2D eigenvalue weighted by molar-refractivity contribution is -0.144. The number of ether oxygens (including phenoxy) is 1. The second-order valence-electron chi connectivity index (χ2n) is 6.24. The van der Waals surface area contributed by atoms with Crippen LogP contribution in [0.3, 0.4) is 0 Å². The molecule has 1 fully saturated rings. The summed E-state index contributed by atoms with van der Waals surface area (Å²) in [6.07, 6.45) is 0.139. The Hall–Kier alpha value is -2.80. The first-order valence-corrected chi connectivity index (χ1v) is 10.2. The van der Waals surface area contributed by atoms with Crippen LogP contribution in [0, 0.1) is 0 Å². The van der Waals surface area contributed by atoms with E-state index in [0.29, 0.717) is 18.0 Å². The third-order valence-corrected chi connectivity index (χ3v) is 5.46. The quantitative estimate of drug-likeness (QED) is 0.719. The summed E-state index contributed by atoms with van der Waals surface area (Å²) >= 11 is 1.58. The van der Waals surface area contributed by atoms with Crippen molar-refractivity contribution in [3.63, 3.8) is 0 Å². The Labute approximate surface area is 168 Å². The highest BCUT2D eigenvalue weighted by Crippen LogP contribution is 2.41. The summed E-state index contributed by atoms with van der Waals surface area (Å²) in [7, 11) is 0. The lowest BCUT2D eigenvalue weighted by atomic mass is 10.1. The Balaban J connectivity index is 1.63. The third kappa shape index (κ3) is 4.92. The van der Waals surface area contributed by atoms with Gasteiger partial charge in [0.1, 0.15) is 5.37 Å². The van der Waals surface area contributed by atoms with Gasteiger partial charge in [-0.3, -0.25) is 19.3 Å². The van der Waals surface area contributed by atoms with Crippen molar-refractivity contribution in [1.82, 2.24) is 0 Å². The average Bonchev–Trinajstić information content (AvgIpc) is 3.09. The Morgan fingerprint density at radius 2 is 1.82 bits per heavy atom. The van der Waals surface area contributed by atoms with Crippen LogP contribution in [0.4, 0.5) is 11.4 Å². The standard InChI is InChI=1S/C21H22N2O4S/c1-2-27-20(26)13-12-18(24)22-16-10-8-15(9-11-16)21-23(19(25)14-28-21)17-6-4-3-5-7-17/h3-11,21H,2,12-14H2,1H3,(H,22,24)/t21-/m0/s1. The van der Waals surface area contributed by atoms with E-state index in [4.69, 9.17) is 4.74 Å². The number of rotatable bonds is 7. The lowest BCUT2D eigenvalue weighted by Crippen LogP contribution is -2.27. The maximum Gasteiger partial charge on any atom is 0.306 e. The van der Waals surface area contributed by atoms with Crippen LogP contribution in [-0.2, 0) is 19.1 Å². The van der Waals surface area contributed by atoms with Crippen molar-refractivity contribution >= 4 is 40.9 Å². The maximum absolute atomic E-state index is 12.4. The molecule has 0 bridgehead atoms. The van der Waals surface area contributed by atoms with Gasteiger partial charge >= 0.3 is 5.97 Å². The van der Waals surface area contributed by atoms with E-state index in [-0.39, 0.29) is 36.0 Å². The molecular formula is C21H22N2O4S. The summed E-state index contributed by atoms with van der Waals surface area (Å²) < 4.78 is 4.82. The molecule has 6 nitrogen and oxygen atoms in total. The van der Waals surface area contributed by atoms with Crippen molar-refractivity contribution in [3.05, 3.63) is 60.2 Å². The van der Waals surface area contributed by atoms with E-state index in [2.05, 4.69) is 5.32 Å². The molecule has 7 heteroatoms. The Morgan fingerprint density at radius 1 is 1.11 bits per heavy atom. The molecule has 0 radical (unpaired) electrons. The van der Waals surface area contributed by atoms with Gasteiger partial charge in [0.15, 0.2) is 0 Å². The van der Waals surface area contributed by atoms with Gasteiger partial charge in [-0.2, -0.15) is 0 Å². The van der Waals surface area contributed by atoms with E-state index in [1.165, 1.54) is 0 Å². The van der Waals surface area contributed by atoms with Crippen LogP contribution in [0.15, 0.2) is 54.6 Å². The van der Waals surface area contributed by atoms with Crippen molar-refractivity contribution in [2.24, 2.45) is 0 Å². The summed E-state index contributed by atoms with van der Waals surface area (Å²) in [6, 6.07) is 17.0. The predicted octanol–water partition coefficient (Wildman–Crippen LogP) is 3.75. The Morgan fingerprint density at radius 3 is 2.50 bits per heavy atom. The zero-order chi connectivity index (χ0) is 19.9. The predicted molar refractivity (Wildman–Crippen MR) is 110 cm³/mol. The first-order chi connectivity index (χ1) is 13.6. The van der Waals surface area contributed by atoms with Crippen LogP contribution < -0.4 is 10.2 Å². The number of thioether (sulfide) groups is 1. The molecule has 0 spiro atoms. The fourth-order valence-electron chi connectivity index (χ4n) is 2.94. The van der Waals surface area contributed by atoms with E-state index < -0.39 is 0 Å². The lowest BCUT2D eigenvalue weighted by Gasteiger charge is -2.24. The number of amides is 2. The van der Waals surface area contributed by atoms with Gasteiger partial charge in [-0.15, -0.1) is 11.8 Å². The van der Waals surface area contributed by atoms with E-state index in [9.17, 15) is 14.4 Å². The van der Waals surface area contributed by atoms with Crippen molar-refractivity contribution in [2.75, 3.05) is 22.6 Å². The van der Waals surface area contributed by atoms with Gasteiger partial charge < -0.3 is 10.1 Å². The van der Waals surface area contributed by atoms with Crippen molar-refractivity contribution < 1.29 is 19.1 Å². The number of anilines is 2. The van der Waals surface area contributed by atoms with Crippen molar-refractivity contribution in [1.29, 1.82) is 0 Å². The highest BCUT2D eigenvalue weighted by Gasteiger charge is 2.33. The molecule has 1 aliphatic heterocycles. The molecule has 2 aromatic carbocycles. The van der Waals surface area contributed by atoms with Gasteiger partial charge in [-0.05, 0) is 36.8 Å². The van der Waals surface area contributed by atoms with Gasteiger partial charge in [0.2, 0.25) is 11.8 Å². The SMILES string of the molecule is CCOC(=O)CCC(=O)Nc1ccc([C@@H]2SCC(=O)N2c2ccccc2)cc1. The van der Waals surface area contributed by atoms with Crippen molar-refractivity contribution in [2.45, 2.75) is 25.1 Å². The zero-order valence-corrected chi connectivity index (χ0v) is 16.4. The number of hydrogen-bond acceptors (Lipinski definition) is 5. The second kappa shape index (κ2) is 9.41. The van der Waals surface area contributed by atoms with Crippen LogP contribution in [0.5, 0.6) is 0 Å². The van der Waals surface area contributed by atoms with Gasteiger partial charge in [0.05, 0.1) is 18.8 Å². The largest absolute Gasteiger partial charge is 0.466 e. The van der Waals surface area contributed by atoms with Crippen LogP contribution in [0.1, 0.15) is 30.7 Å². The molecule has 1 aliphatic rings. The van der Waals surface area contributed by atoms with Crippen molar-refractivity contribution in [3.8, 4) is 0 Å². The molecule has 1 saturated heterocycles. The zero-order valence-electron chi connectivity index (χ0n) is 15.6. The maximum atomic E-state index is 12.4. The highest BCUT2D eigenvalue weighted by atomic mass is 32.2. The fraction of sp³-hybridized carbons (Fsp3) is 0.286. The summed E-state index contributed by atoms with van der Waals surface area (Å²) in [6.45, 7) is 2.04. The number of nitrogens with zero attached hydrogens (tertiary/aromatic N) is 1. The molecular weight excluding hydrogens is 376 g/mol. The minimum atomic E-state index is -0.378. The number of benzene rings is 2. The first kappa shape index (κ1) is 19.9. The molecule has 0 aromatic heterocycles. The summed E-state index contributed by atoms with van der Waals surface area (Å²) in [5.74, 6) is -0.0991. The van der Waals surface area contributed by atoms with Crippen LogP contribution >= 0.6 is 11.8 Å². The molecule has 1 atom stereocenters. The third-order valence-electron chi connectivity index (χ3n) is 4.24. The number of esters is 1. The van der Waals surface area contributed by atoms with E-state index >= 15 is 0 Å². The van der Waals surface area contributed by atoms with Crippen LogP contribution in [-0.4, -0.2) is 30.1 Å². The number of nitrogens with one attached hydrogen (secondary N) is 1. The first-order valence-electron chi connectivity index (χ1n) is 9.12. The van der Waals surface area contributed by atoms with Gasteiger partial charge in [-0.1, -0.05) is 30.3 Å². The van der Waals surface area contributed by atoms with E-state index in [1.54, 1.807) is 23.6 Å². The molecule has 2 amide bonds. The molecule has 2 aromatic rings. The molecule has 1 N–H and O–H groups in total. The molecule has 0 aliphatic carbocycles. The van der Waals surface area contributed by atoms with Crippen LogP contribution in [0.25, 0.3) is 0 Å². The molecule has 1 heterocycles. The fourth-order valence-corrected chi connectivity index (χ4v) is 4.12. The highest BCUT2D eigenvalue weighted by molar-refractivity contribution is 8.00. The molecule has 0 unspecified atom stereocenters. The Kier molecular flexibility index (Phi) is 6.71. The number of carbonyl (C=O) groups excluding carboxylic acids is 3. The minimum absolute atomic E-state index is 0.0601. The normalized spacial score (nSPS) is 16.1. The number of para-hydroxylation sites is 1. The van der Waals surface area contributed by atoms with Gasteiger partial charge in [0.25, 0.3) is 0 Å². The summed E-state index contributed by atoms with van der Waals surface area (Å²) in [5.41, 5.74) is 2.52. The molecule has 28 heavy (non-hydrogen) atoms. The smallest absolute Gasteiger partial charge is 0.306 e. The molecule has 0 saturated carbocycles. The topological polar surface area (TPSA) is 75.7 Å². The van der Waals surface area contributed by atoms with Crippen LogP contribution in [0.2, 0.25) is 0 Å².